The van der Waals surface area contributed by atoms with Crippen LogP contribution in [0, 0.1) is 0 Å². The normalized spacial score (nSPS) is 25.6. The van der Waals surface area contributed by atoms with E-state index in [9.17, 15) is 30.0 Å². The zero-order valence-electron chi connectivity index (χ0n) is 17.8. The highest BCUT2D eigenvalue weighted by molar-refractivity contribution is 5.86. The van der Waals surface area contributed by atoms with Gasteiger partial charge in [-0.25, -0.2) is 4.79 Å². The molecule has 2 aromatic carbocycles. The standard InChI is InChI=1S/C23H28N2O8/c26-12-17-19(27)20(28)18(22(30)33-17)25-21(29)16(11-14-7-3-1-4-8-14)24-23(31)32-13-15-9-5-2-6-10-15/h1-10,16-20,22,26-28,30H,11-13H2,(H,24,31)(H,25,29)/t16-,17+,18+,19+,20+,22+/m0/s1. The summed E-state index contributed by atoms with van der Waals surface area (Å²) in [5, 5.41) is 44.6. The fraction of sp³-hybridized carbons (Fsp3) is 0.391. The van der Waals surface area contributed by atoms with Crippen molar-refractivity contribution < 1.29 is 39.5 Å². The van der Waals surface area contributed by atoms with Gasteiger partial charge in [-0.2, -0.15) is 0 Å². The first-order chi connectivity index (χ1) is 15.9. The van der Waals surface area contributed by atoms with Crippen molar-refractivity contribution in [2.45, 2.75) is 49.7 Å². The second-order valence-electron chi connectivity index (χ2n) is 7.71. The van der Waals surface area contributed by atoms with Crippen LogP contribution in [0.5, 0.6) is 0 Å². The smallest absolute Gasteiger partial charge is 0.408 e. The number of aliphatic hydroxyl groups is 4. The van der Waals surface area contributed by atoms with E-state index in [0.717, 1.165) is 11.1 Å². The molecular formula is C23H28N2O8. The van der Waals surface area contributed by atoms with E-state index in [4.69, 9.17) is 9.47 Å². The van der Waals surface area contributed by atoms with Gasteiger partial charge in [0, 0.05) is 6.42 Å². The highest BCUT2D eigenvalue weighted by Gasteiger charge is 2.44. The molecule has 1 aliphatic heterocycles. The molecule has 0 spiro atoms. The van der Waals surface area contributed by atoms with E-state index in [1.807, 2.05) is 12.1 Å². The maximum Gasteiger partial charge on any atom is 0.408 e. The first-order valence-electron chi connectivity index (χ1n) is 10.5. The van der Waals surface area contributed by atoms with E-state index in [2.05, 4.69) is 10.6 Å². The summed E-state index contributed by atoms with van der Waals surface area (Å²) in [4.78, 5) is 25.4. The number of nitrogens with one attached hydrogen (secondary N) is 2. The van der Waals surface area contributed by atoms with Crippen molar-refractivity contribution in [1.29, 1.82) is 0 Å². The highest BCUT2D eigenvalue weighted by atomic mass is 16.6. The van der Waals surface area contributed by atoms with E-state index in [1.165, 1.54) is 0 Å². The lowest BCUT2D eigenvalue weighted by atomic mass is 9.96. The van der Waals surface area contributed by atoms with Crippen LogP contribution in [0.2, 0.25) is 0 Å². The number of amides is 2. The molecule has 0 unspecified atom stereocenters. The van der Waals surface area contributed by atoms with Crippen LogP contribution in [0.4, 0.5) is 4.79 Å². The number of alkyl carbamates (subject to hydrolysis) is 1. The Labute approximate surface area is 190 Å². The van der Waals surface area contributed by atoms with Gasteiger partial charge in [0.1, 0.15) is 37.0 Å². The fourth-order valence-corrected chi connectivity index (χ4v) is 3.48. The Balaban J connectivity index is 1.67. The van der Waals surface area contributed by atoms with Gasteiger partial charge in [-0.1, -0.05) is 60.7 Å². The highest BCUT2D eigenvalue weighted by Crippen LogP contribution is 2.20. The third-order valence-electron chi connectivity index (χ3n) is 5.31. The van der Waals surface area contributed by atoms with Crippen molar-refractivity contribution >= 4 is 12.0 Å². The first kappa shape index (κ1) is 24.6. The number of hydrogen-bond acceptors (Lipinski definition) is 8. The van der Waals surface area contributed by atoms with Crippen LogP contribution in [-0.2, 0) is 27.3 Å². The summed E-state index contributed by atoms with van der Waals surface area (Å²) in [7, 11) is 0. The lowest BCUT2D eigenvalue weighted by Gasteiger charge is -2.40. The van der Waals surface area contributed by atoms with Crippen molar-refractivity contribution in [3.05, 3.63) is 71.8 Å². The fourth-order valence-electron chi connectivity index (χ4n) is 3.48. The van der Waals surface area contributed by atoms with E-state index in [1.54, 1.807) is 48.5 Å². The van der Waals surface area contributed by atoms with Crippen molar-refractivity contribution in [2.75, 3.05) is 6.61 Å². The molecule has 2 amide bonds. The van der Waals surface area contributed by atoms with Crippen molar-refractivity contribution in [1.82, 2.24) is 10.6 Å². The third-order valence-corrected chi connectivity index (χ3v) is 5.31. The summed E-state index contributed by atoms with van der Waals surface area (Å²) in [5.41, 5.74) is 1.53. The van der Waals surface area contributed by atoms with Gasteiger partial charge in [0.25, 0.3) is 0 Å². The molecule has 0 aliphatic carbocycles. The monoisotopic (exact) mass is 460 g/mol. The zero-order valence-corrected chi connectivity index (χ0v) is 17.8. The first-order valence-corrected chi connectivity index (χ1v) is 10.5. The minimum Gasteiger partial charge on any atom is -0.445 e. The summed E-state index contributed by atoms with van der Waals surface area (Å²) in [6.45, 7) is -0.615. The largest absolute Gasteiger partial charge is 0.445 e. The van der Waals surface area contributed by atoms with Crippen molar-refractivity contribution in [2.24, 2.45) is 0 Å². The molecule has 3 rings (SSSR count). The second-order valence-corrected chi connectivity index (χ2v) is 7.71. The molecular weight excluding hydrogens is 432 g/mol. The third kappa shape index (κ3) is 6.73. The van der Waals surface area contributed by atoms with Crippen LogP contribution in [0.1, 0.15) is 11.1 Å². The molecule has 10 heteroatoms. The average Bonchev–Trinajstić information content (AvgIpc) is 2.83. The van der Waals surface area contributed by atoms with Crippen molar-refractivity contribution in [3.63, 3.8) is 0 Å². The van der Waals surface area contributed by atoms with Gasteiger partial charge in [-0.05, 0) is 11.1 Å². The Morgan fingerprint density at radius 1 is 0.939 bits per heavy atom. The van der Waals surface area contributed by atoms with Gasteiger partial charge in [-0.15, -0.1) is 0 Å². The molecule has 33 heavy (non-hydrogen) atoms. The molecule has 2 aromatic rings. The lowest BCUT2D eigenvalue weighted by Crippen LogP contribution is -2.65. The van der Waals surface area contributed by atoms with Gasteiger partial charge in [0.05, 0.1) is 6.61 Å². The molecule has 0 saturated carbocycles. The summed E-state index contributed by atoms with van der Waals surface area (Å²) in [5.74, 6) is -0.725. The SMILES string of the molecule is O=C(N[C@@H](Cc1ccccc1)C(=O)N[C@@H]1[C@@H](O)[C@H](O)[C@@H](CO)O[C@H]1O)OCc1ccccc1. The van der Waals surface area contributed by atoms with E-state index in [0.29, 0.717) is 0 Å². The summed E-state index contributed by atoms with van der Waals surface area (Å²) in [6, 6.07) is 15.5. The quantitative estimate of drug-likeness (QED) is 0.306. The van der Waals surface area contributed by atoms with E-state index >= 15 is 0 Å². The van der Waals surface area contributed by atoms with Crippen LogP contribution in [0.15, 0.2) is 60.7 Å². The minimum atomic E-state index is -1.67. The Kier molecular flexibility index (Phi) is 8.75. The molecule has 1 aliphatic rings. The van der Waals surface area contributed by atoms with Gasteiger partial charge in [0.15, 0.2) is 6.29 Å². The number of rotatable bonds is 8. The maximum absolute atomic E-state index is 13.0. The maximum atomic E-state index is 13.0. The van der Waals surface area contributed by atoms with Crippen LogP contribution in [-0.4, -0.2) is 75.7 Å². The Bertz CT molecular complexity index is 898. The molecule has 6 N–H and O–H groups in total. The van der Waals surface area contributed by atoms with Crippen LogP contribution < -0.4 is 10.6 Å². The molecule has 1 heterocycles. The number of carbonyl (C=O) groups excluding carboxylic acids is 2. The van der Waals surface area contributed by atoms with Gasteiger partial charge >= 0.3 is 6.09 Å². The van der Waals surface area contributed by atoms with Gasteiger partial charge in [-0.3, -0.25) is 4.79 Å². The van der Waals surface area contributed by atoms with Crippen LogP contribution in [0.25, 0.3) is 0 Å². The molecule has 178 valence electrons. The number of carbonyl (C=O) groups is 2. The summed E-state index contributed by atoms with van der Waals surface area (Å²) < 4.78 is 10.3. The molecule has 10 nitrogen and oxygen atoms in total. The number of hydrogen-bond donors (Lipinski definition) is 6. The van der Waals surface area contributed by atoms with E-state index < -0.39 is 55.3 Å². The topological polar surface area (TPSA) is 158 Å². The van der Waals surface area contributed by atoms with Crippen LogP contribution in [0.3, 0.4) is 0 Å². The number of aliphatic hydroxyl groups excluding tert-OH is 4. The number of benzene rings is 2. The molecule has 6 atom stereocenters. The average molecular weight is 460 g/mol. The van der Waals surface area contributed by atoms with Gasteiger partial charge < -0.3 is 40.5 Å². The minimum absolute atomic E-state index is 0.00891. The molecule has 0 radical (unpaired) electrons. The summed E-state index contributed by atoms with van der Waals surface area (Å²) >= 11 is 0. The Morgan fingerprint density at radius 3 is 2.15 bits per heavy atom. The summed E-state index contributed by atoms with van der Waals surface area (Å²) in [6.07, 6.45) is -6.72. The predicted octanol–water partition coefficient (Wildman–Crippen LogP) is -0.560. The predicted molar refractivity (Wildman–Crippen MR) is 116 cm³/mol. The van der Waals surface area contributed by atoms with E-state index in [-0.39, 0.29) is 13.0 Å². The second kappa shape index (κ2) is 11.7. The van der Waals surface area contributed by atoms with Gasteiger partial charge in [0.2, 0.25) is 5.91 Å². The lowest BCUT2D eigenvalue weighted by molar-refractivity contribution is -0.254. The molecule has 1 saturated heterocycles. The number of ether oxygens (including phenoxy) is 2. The Hall–Kier alpha value is -3.02. The molecule has 0 bridgehead atoms. The van der Waals surface area contributed by atoms with Crippen LogP contribution >= 0.6 is 0 Å². The molecule has 0 aromatic heterocycles. The Morgan fingerprint density at radius 2 is 1.55 bits per heavy atom. The molecule has 1 fully saturated rings. The zero-order chi connectivity index (χ0) is 23.8. The van der Waals surface area contributed by atoms with Crippen molar-refractivity contribution in [3.8, 4) is 0 Å².